The highest BCUT2D eigenvalue weighted by Gasteiger charge is 2.62. The lowest BCUT2D eigenvalue weighted by molar-refractivity contribution is -0.126. The molecular formula is C25H30FNO3S2. The summed E-state index contributed by atoms with van der Waals surface area (Å²) in [5.74, 6) is 0.708. The molecule has 7 heteroatoms. The highest BCUT2D eigenvalue weighted by molar-refractivity contribution is 8.13. The molecule has 0 N–H and O–H groups in total. The lowest BCUT2D eigenvalue weighted by Crippen LogP contribution is -2.53. The zero-order valence-corrected chi connectivity index (χ0v) is 20.1. The third-order valence-electron chi connectivity index (χ3n) is 8.92. The van der Waals surface area contributed by atoms with Crippen molar-refractivity contribution < 1.29 is 18.7 Å². The highest BCUT2D eigenvalue weighted by Crippen LogP contribution is 2.66. The number of aromatic nitrogens is 1. The van der Waals surface area contributed by atoms with E-state index in [2.05, 4.69) is 30.1 Å². The van der Waals surface area contributed by atoms with Crippen molar-refractivity contribution in [3.8, 4) is 0 Å². The number of thiazole rings is 1. The van der Waals surface area contributed by atoms with Crippen LogP contribution in [0.5, 0.6) is 0 Å². The molecule has 1 heterocycles. The third-order valence-corrected chi connectivity index (χ3v) is 10.2. The van der Waals surface area contributed by atoms with Crippen molar-refractivity contribution in [1.82, 2.24) is 4.98 Å². The Morgan fingerprint density at radius 3 is 2.94 bits per heavy atom. The van der Waals surface area contributed by atoms with Crippen LogP contribution in [0.25, 0.3) is 0 Å². The maximum atomic E-state index is 13.1. The molecule has 4 nitrogen and oxygen atoms in total. The van der Waals surface area contributed by atoms with Crippen molar-refractivity contribution in [3.63, 3.8) is 0 Å². The molecule has 0 amide bonds. The number of hydrogen-bond acceptors (Lipinski definition) is 6. The van der Waals surface area contributed by atoms with E-state index in [9.17, 15) is 14.0 Å². The summed E-state index contributed by atoms with van der Waals surface area (Å²) >= 11 is 2.15. The van der Waals surface area contributed by atoms with Crippen molar-refractivity contribution in [2.24, 2.45) is 34.5 Å². The number of thioether (sulfide) groups is 1. The van der Waals surface area contributed by atoms with Crippen LogP contribution in [0.2, 0.25) is 0 Å². The lowest BCUT2D eigenvalue weighted by Gasteiger charge is -2.57. The summed E-state index contributed by atoms with van der Waals surface area (Å²) in [5, 5.41) is 1.62. The van der Waals surface area contributed by atoms with Crippen molar-refractivity contribution >= 4 is 34.2 Å². The largest absolute Gasteiger partial charge is 0.460 e. The van der Waals surface area contributed by atoms with Gasteiger partial charge in [-0.25, -0.2) is 14.2 Å². The van der Waals surface area contributed by atoms with Crippen LogP contribution in [-0.4, -0.2) is 28.7 Å². The first-order valence-electron chi connectivity index (χ1n) is 11.6. The molecule has 5 rings (SSSR count). The smallest absolute Gasteiger partial charge is 0.357 e. The number of carbonyl (C=O) groups is 2. The second-order valence-electron chi connectivity index (χ2n) is 9.99. The van der Waals surface area contributed by atoms with Crippen LogP contribution >= 0.6 is 23.1 Å². The van der Waals surface area contributed by atoms with E-state index in [0.717, 1.165) is 56.7 Å². The summed E-state index contributed by atoms with van der Waals surface area (Å²) in [7, 11) is 0. The number of hydrogen-bond donors (Lipinski definition) is 0. The Labute approximate surface area is 197 Å². The van der Waals surface area contributed by atoms with Gasteiger partial charge in [0.25, 0.3) is 0 Å². The zero-order chi connectivity index (χ0) is 22.3. The van der Waals surface area contributed by atoms with Crippen LogP contribution in [0.4, 0.5) is 4.39 Å². The molecule has 0 saturated heterocycles. The first-order chi connectivity index (χ1) is 15.5. The molecule has 4 aliphatic rings. The molecule has 0 aliphatic heterocycles. The fourth-order valence-electron chi connectivity index (χ4n) is 7.52. The quantitative estimate of drug-likeness (QED) is 0.374. The number of allylic oxidation sites excluding steroid dienone is 4. The van der Waals surface area contributed by atoms with Gasteiger partial charge in [0, 0.05) is 22.1 Å². The summed E-state index contributed by atoms with van der Waals surface area (Å²) < 4.78 is 18.9. The Kier molecular flexibility index (Phi) is 6.08. The van der Waals surface area contributed by atoms with Gasteiger partial charge in [0.15, 0.2) is 10.8 Å². The average Bonchev–Trinajstić information content (AvgIpc) is 3.46. The standard InChI is InChI=1S/C25H30FNO3S2/c1-24-10-3-2-4-16(24)5-6-17-18(24)9-11-25(13-30-22(28)21-12-31-15-27-21)19(17)7-8-20(25)23(29)32-14-26/h3-4,10,12,15,17-20H,2,5-9,11,13-14H2,1H3/t17-,18+,19+,20-,24+,25-/m1/s1. The van der Waals surface area contributed by atoms with Gasteiger partial charge in [0.2, 0.25) is 0 Å². The Hall–Kier alpha value is -1.47. The number of halogens is 1. The van der Waals surface area contributed by atoms with Gasteiger partial charge >= 0.3 is 5.97 Å². The van der Waals surface area contributed by atoms with Crippen molar-refractivity contribution in [2.45, 2.75) is 51.9 Å². The molecule has 1 aromatic heterocycles. The highest BCUT2D eigenvalue weighted by atomic mass is 32.2. The first-order valence-corrected chi connectivity index (χ1v) is 13.6. The fraction of sp³-hybridized carbons (Fsp3) is 0.640. The molecule has 0 radical (unpaired) electrons. The molecule has 32 heavy (non-hydrogen) atoms. The predicted octanol–water partition coefficient (Wildman–Crippen LogP) is 6.21. The molecule has 0 spiro atoms. The predicted molar refractivity (Wildman–Crippen MR) is 125 cm³/mol. The minimum absolute atomic E-state index is 0.0710. The number of esters is 1. The molecular weight excluding hydrogens is 445 g/mol. The second kappa shape index (κ2) is 8.71. The summed E-state index contributed by atoms with van der Waals surface area (Å²) in [6.45, 7) is 2.62. The monoisotopic (exact) mass is 475 g/mol. The molecule has 3 fully saturated rings. The van der Waals surface area contributed by atoms with E-state index in [1.54, 1.807) is 16.5 Å². The van der Waals surface area contributed by atoms with Crippen LogP contribution in [-0.2, 0) is 9.53 Å². The van der Waals surface area contributed by atoms with Gasteiger partial charge in [-0.15, -0.1) is 11.3 Å². The minimum Gasteiger partial charge on any atom is -0.460 e. The maximum absolute atomic E-state index is 13.1. The topological polar surface area (TPSA) is 56.3 Å². The average molecular weight is 476 g/mol. The van der Waals surface area contributed by atoms with Gasteiger partial charge in [0.1, 0.15) is 6.01 Å². The molecule has 3 saturated carbocycles. The summed E-state index contributed by atoms with van der Waals surface area (Å²) in [6, 6.07) is -0.697. The molecule has 4 aliphatic carbocycles. The first kappa shape index (κ1) is 22.3. The second-order valence-corrected chi connectivity index (χ2v) is 11.6. The van der Waals surface area contributed by atoms with Gasteiger partial charge in [-0.2, -0.15) is 0 Å². The van der Waals surface area contributed by atoms with Crippen molar-refractivity contribution in [3.05, 3.63) is 40.4 Å². The van der Waals surface area contributed by atoms with E-state index in [1.807, 2.05) is 0 Å². The van der Waals surface area contributed by atoms with Gasteiger partial charge in [-0.05, 0) is 62.7 Å². The van der Waals surface area contributed by atoms with E-state index < -0.39 is 12.0 Å². The molecule has 6 atom stereocenters. The van der Waals surface area contributed by atoms with Crippen LogP contribution in [0.1, 0.15) is 62.4 Å². The molecule has 172 valence electrons. The van der Waals surface area contributed by atoms with E-state index in [4.69, 9.17) is 4.74 Å². The summed E-state index contributed by atoms with van der Waals surface area (Å²) in [6.07, 6.45) is 14.0. The number of rotatable bonds is 5. The number of alkyl halides is 1. The van der Waals surface area contributed by atoms with Crippen molar-refractivity contribution in [1.29, 1.82) is 0 Å². The summed E-state index contributed by atoms with van der Waals surface area (Å²) in [4.78, 5) is 29.7. The SMILES string of the molecule is C[C@]12C=CCC=C1CC[C@H]1[C@@H]3CC[C@H](C(=O)SCF)[C@@]3(COC(=O)c3cscn3)CC[C@@H]12. The van der Waals surface area contributed by atoms with Gasteiger partial charge in [-0.1, -0.05) is 42.5 Å². The number of carbonyl (C=O) groups excluding carboxylic acids is 2. The number of fused-ring (bicyclic) bond motifs is 5. The Morgan fingerprint density at radius 2 is 2.16 bits per heavy atom. The zero-order valence-electron chi connectivity index (χ0n) is 18.4. The van der Waals surface area contributed by atoms with Crippen LogP contribution in [0.3, 0.4) is 0 Å². The van der Waals surface area contributed by atoms with E-state index >= 15 is 0 Å². The van der Waals surface area contributed by atoms with Crippen LogP contribution in [0.15, 0.2) is 34.7 Å². The summed E-state index contributed by atoms with van der Waals surface area (Å²) in [5.41, 5.74) is 3.22. The Balaban J connectivity index is 1.44. The van der Waals surface area contributed by atoms with Gasteiger partial charge in [0.05, 0.1) is 12.1 Å². The van der Waals surface area contributed by atoms with Gasteiger partial charge in [-0.3, -0.25) is 4.79 Å². The van der Waals surface area contributed by atoms with E-state index in [1.165, 1.54) is 11.3 Å². The Morgan fingerprint density at radius 1 is 1.28 bits per heavy atom. The lowest BCUT2D eigenvalue weighted by atomic mass is 9.47. The third kappa shape index (κ3) is 3.51. The Bertz CT molecular complexity index is 945. The molecule has 0 unspecified atom stereocenters. The molecule has 0 aromatic carbocycles. The van der Waals surface area contributed by atoms with Crippen LogP contribution in [0, 0.1) is 34.5 Å². The number of ether oxygens (including phenoxy) is 1. The van der Waals surface area contributed by atoms with Gasteiger partial charge < -0.3 is 4.74 Å². The van der Waals surface area contributed by atoms with E-state index in [0.29, 0.717) is 23.4 Å². The van der Waals surface area contributed by atoms with Crippen LogP contribution < -0.4 is 0 Å². The van der Waals surface area contributed by atoms with Crippen molar-refractivity contribution in [2.75, 3.05) is 12.6 Å². The minimum atomic E-state index is -0.697. The molecule has 0 bridgehead atoms. The maximum Gasteiger partial charge on any atom is 0.357 e. The number of nitrogens with zero attached hydrogens (tertiary/aromatic N) is 1. The molecule has 1 aromatic rings. The normalized spacial score (nSPS) is 37.8. The van der Waals surface area contributed by atoms with E-state index in [-0.39, 0.29) is 28.5 Å². The fourth-order valence-corrected chi connectivity index (χ4v) is 8.71.